The van der Waals surface area contributed by atoms with Gasteiger partial charge in [-0.05, 0) is 30.2 Å². The molecule has 1 N–H and O–H groups in total. The van der Waals surface area contributed by atoms with Crippen LogP contribution in [0.25, 0.3) is 16.7 Å². The lowest BCUT2D eigenvalue weighted by Gasteiger charge is -2.27. The van der Waals surface area contributed by atoms with Crippen molar-refractivity contribution in [3.63, 3.8) is 0 Å². The Kier molecular flexibility index (Phi) is 2.39. The van der Waals surface area contributed by atoms with Crippen LogP contribution in [-0.2, 0) is 6.42 Å². The topological polar surface area (TPSA) is 31.9 Å². The molecule has 2 heterocycles. The van der Waals surface area contributed by atoms with Gasteiger partial charge in [-0.15, -0.1) is 0 Å². The summed E-state index contributed by atoms with van der Waals surface area (Å²) in [7, 11) is 2.09. The highest BCUT2D eigenvalue weighted by Crippen LogP contribution is 2.32. The average molecular weight is 261 g/mol. The van der Waals surface area contributed by atoms with Gasteiger partial charge >= 0.3 is 0 Å². The summed E-state index contributed by atoms with van der Waals surface area (Å²) in [5.74, 6) is 0.934. The summed E-state index contributed by atoms with van der Waals surface area (Å²) in [5.41, 5.74) is 5.84. The van der Waals surface area contributed by atoms with E-state index in [1.807, 2.05) is 18.2 Å². The number of aromatic nitrogens is 2. The van der Waals surface area contributed by atoms with Crippen LogP contribution in [-0.4, -0.2) is 17.0 Å². The standard InChI is InChI=1S/C17H15N3/c1-20-15-9-5-2-6-12(15)10-11-16(20)17-18-13-7-3-4-8-14(13)19-17/h2-9,11H,10H2,1H3,(H,18,19). The summed E-state index contributed by atoms with van der Waals surface area (Å²) in [5, 5.41) is 0. The van der Waals surface area contributed by atoms with Gasteiger partial charge in [0, 0.05) is 12.7 Å². The molecule has 0 atom stereocenters. The monoisotopic (exact) mass is 261 g/mol. The number of rotatable bonds is 1. The molecule has 0 bridgehead atoms. The number of anilines is 1. The molecule has 98 valence electrons. The third-order valence-corrected chi connectivity index (χ3v) is 3.86. The van der Waals surface area contributed by atoms with E-state index in [2.05, 4.69) is 53.3 Å². The second-order valence-electron chi connectivity index (χ2n) is 5.08. The van der Waals surface area contributed by atoms with Gasteiger partial charge in [-0.25, -0.2) is 4.98 Å². The fourth-order valence-electron chi connectivity index (χ4n) is 2.81. The molecule has 0 saturated carbocycles. The third-order valence-electron chi connectivity index (χ3n) is 3.86. The number of nitrogens with one attached hydrogen (secondary N) is 1. The van der Waals surface area contributed by atoms with E-state index in [0.717, 1.165) is 29.0 Å². The summed E-state index contributed by atoms with van der Waals surface area (Å²) < 4.78 is 0. The number of imidazole rings is 1. The molecule has 0 amide bonds. The zero-order valence-corrected chi connectivity index (χ0v) is 11.3. The van der Waals surface area contributed by atoms with Crippen molar-refractivity contribution in [2.75, 3.05) is 11.9 Å². The maximum absolute atomic E-state index is 4.69. The SMILES string of the molecule is CN1C(c2nc3ccccc3[nH]2)=CCc2ccccc21. The fraction of sp³-hybridized carbons (Fsp3) is 0.118. The van der Waals surface area contributed by atoms with Crippen LogP contribution in [0, 0.1) is 0 Å². The quantitative estimate of drug-likeness (QED) is 0.726. The molecule has 2 aromatic carbocycles. The number of hydrogen-bond donors (Lipinski definition) is 1. The Morgan fingerprint density at radius 3 is 2.75 bits per heavy atom. The third kappa shape index (κ3) is 1.63. The molecule has 4 rings (SSSR count). The molecule has 1 aromatic heterocycles. The first-order valence-electron chi connectivity index (χ1n) is 6.80. The van der Waals surface area contributed by atoms with Crippen molar-refractivity contribution < 1.29 is 0 Å². The molecular weight excluding hydrogens is 246 g/mol. The number of para-hydroxylation sites is 3. The van der Waals surface area contributed by atoms with E-state index in [1.165, 1.54) is 11.3 Å². The van der Waals surface area contributed by atoms with Crippen molar-refractivity contribution in [1.29, 1.82) is 0 Å². The first kappa shape index (κ1) is 11.3. The molecule has 3 aromatic rings. The lowest BCUT2D eigenvalue weighted by atomic mass is 10.0. The molecule has 3 heteroatoms. The van der Waals surface area contributed by atoms with Gasteiger partial charge in [0.1, 0.15) is 0 Å². The maximum atomic E-state index is 4.69. The number of aromatic amines is 1. The lowest BCUT2D eigenvalue weighted by Crippen LogP contribution is -2.21. The Labute approximate surface area is 117 Å². The van der Waals surface area contributed by atoms with Crippen molar-refractivity contribution in [2.24, 2.45) is 0 Å². The highest BCUT2D eigenvalue weighted by molar-refractivity contribution is 5.85. The number of benzene rings is 2. The molecular formula is C17H15N3. The predicted octanol–water partition coefficient (Wildman–Crippen LogP) is 3.60. The van der Waals surface area contributed by atoms with Gasteiger partial charge in [0.2, 0.25) is 0 Å². The Morgan fingerprint density at radius 1 is 1.05 bits per heavy atom. The number of nitrogens with zero attached hydrogens (tertiary/aromatic N) is 2. The summed E-state index contributed by atoms with van der Waals surface area (Å²) in [6, 6.07) is 16.6. The van der Waals surface area contributed by atoms with E-state index in [4.69, 9.17) is 4.98 Å². The minimum Gasteiger partial charge on any atom is -0.342 e. The van der Waals surface area contributed by atoms with Gasteiger partial charge in [-0.2, -0.15) is 0 Å². The van der Waals surface area contributed by atoms with E-state index in [0.29, 0.717) is 0 Å². The number of allylic oxidation sites excluding steroid dienone is 1. The van der Waals surface area contributed by atoms with E-state index >= 15 is 0 Å². The van der Waals surface area contributed by atoms with Crippen LogP contribution in [0.2, 0.25) is 0 Å². The molecule has 20 heavy (non-hydrogen) atoms. The van der Waals surface area contributed by atoms with Crippen molar-refractivity contribution in [3.8, 4) is 0 Å². The summed E-state index contributed by atoms with van der Waals surface area (Å²) in [6.07, 6.45) is 3.19. The van der Waals surface area contributed by atoms with Crippen LogP contribution in [0.1, 0.15) is 11.4 Å². The van der Waals surface area contributed by atoms with Gasteiger partial charge in [0.25, 0.3) is 0 Å². The van der Waals surface area contributed by atoms with Gasteiger partial charge in [-0.3, -0.25) is 0 Å². The minimum absolute atomic E-state index is 0.934. The van der Waals surface area contributed by atoms with Crippen LogP contribution in [0.15, 0.2) is 54.6 Å². The number of fused-ring (bicyclic) bond motifs is 2. The van der Waals surface area contributed by atoms with Crippen molar-refractivity contribution in [2.45, 2.75) is 6.42 Å². The molecule has 3 nitrogen and oxygen atoms in total. The Balaban J connectivity index is 1.81. The zero-order valence-electron chi connectivity index (χ0n) is 11.3. The van der Waals surface area contributed by atoms with Gasteiger partial charge < -0.3 is 9.88 Å². The molecule has 0 radical (unpaired) electrons. The molecule has 0 unspecified atom stereocenters. The minimum atomic E-state index is 0.934. The summed E-state index contributed by atoms with van der Waals surface area (Å²) in [4.78, 5) is 10.3. The molecule has 0 saturated heterocycles. The molecule has 0 spiro atoms. The Hall–Kier alpha value is -2.55. The highest BCUT2D eigenvalue weighted by Gasteiger charge is 2.19. The van der Waals surface area contributed by atoms with E-state index in [9.17, 15) is 0 Å². The van der Waals surface area contributed by atoms with Gasteiger partial charge in [-0.1, -0.05) is 36.4 Å². The van der Waals surface area contributed by atoms with Crippen LogP contribution in [0.3, 0.4) is 0 Å². The van der Waals surface area contributed by atoms with Crippen molar-refractivity contribution >= 4 is 22.4 Å². The second kappa shape index (κ2) is 4.23. The summed E-state index contributed by atoms with van der Waals surface area (Å²) in [6.45, 7) is 0. The molecule has 1 aliphatic rings. The van der Waals surface area contributed by atoms with E-state index < -0.39 is 0 Å². The first-order chi connectivity index (χ1) is 9.83. The predicted molar refractivity (Wildman–Crippen MR) is 82.6 cm³/mol. The average Bonchev–Trinajstić information content (AvgIpc) is 2.91. The van der Waals surface area contributed by atoms with Gasteiger partial charge in [0.05, 0.1) is 16.7 Å². The lowest BCUT2D eigenvalue weighted by molar-refractivity contribution is 1.07. The van der Waals surface area contributed by atoms with Crippen LogP contribution in [0.4, 0.5) is 5.69 Å². The van der Waals surface area contributed by atoms with E-state index in [1.54, 1.807) is 0 Å². The highest BCUT2D eigenvalue weighted by atomic mass is 15.2. The molecule has 0 aliphatic carbocycles. The summed E-state index contributed by atoms with van der Waals surface area (Å²) >= 11 is 0. The van der Waals surface area contributed by atoms with E-state index in [-0.39, 0.29) is 0 Å². The first-order valence-corrected chi connectivity index (χ1v) is 6.80. The fourth-order valence-corrected chi connectivity index (χ4v) is 2.81. The molecule has 1 aliphatic heterocycles. The zero-order chi connectivity index (χ0) is 13.5. The van der Waals surface area contributed by atoms with Crippen LogP contribution < -0.4 is 4.90 Å². The van der Waals surface area contributed by atoms with Crippen molar-refractivity contribution in [1.82, 2.24) is 9.97 Å². The Morgan fingerprint density at radius 2 is 1.85 bits per heavy atom. The largest absolute Gasteiger partial charge is 0.342 e. The number of H-pyrrole nitrogens is 1. The van der Waals surface area contributed by atoms with Gasteiger partial charge in [0.15, 0.2) is 5.82 Å². The maximum Gasteiger partial charge on any atom is 0.154 e. The van der Waals surface area contributed by atoms with Crippen molar-refractivity contribution in [3.05, 3.63) is 66.0 Å². The number of hydrogen-bond acceptors (Lipinski definition) is 2. The normalized spacial score (nSPS) is 14.2. The van der Waals surface area contributed by atoms with Crippen LogP contribution in [0.5, 0.6) is 0 Å². The Bertz CT molecular complexity index is 781. The second-order valence-corrected chi connectivity index (χ2v) is 5.08. The smallest absolute Gasteiger partial charge is 0.154 e. The molecule has 0 fully saturated rings. The van der Waals surface area contributed by atoms with Crippen LogP contribution >= 0.6 is 0 Å².